The SMILES string of the molecule is C=CCn1c(=NC(=O)c2ccc(S(=O)(=O)N(CCC)CCC)cc2)sc2cc(C)ccc21. The first-order valence-electron chi connectivity index (χ1n) is 10.7. The van der Waals surface area contributed by atoms with Crippen LogP contribution < -0.4 is 4.80 Å². The summed E-state index contributed by atoms with van der Waals surface area (Å²) in [7, 11) is -3.58. The maximum absolute atomic E-state index is 12.9. The van der Waals surface area contributed by atoms with Gasteiger partial charge in [0.1, 0.15) is 0 Å². The number of benzene rings is 2. The molecule has 1 aromatic heterocycles. The minimum atomic E-state index is -3.58. The number of amides is 1. The predicted molar refractivity (Wildman–Crippen MR) is 130 cm³/mol. The van der Waals surface area contributed by atoms with Gasteiger partial charge in [0.05, 0.1) is 15.1 Å². The normalized spacial score (nSPS) is 12.6. The highest BCUT2D eigenvalue weighted by molar-refractivity contribution is 7.89. The van der Waals surface area contributed by atoms with Gasteiger partial charge in [0.15, 0.2) is 4.80 Å². The first kappa shape index (κ1) is 24.1. The number of fused-ring (bicyclic) bond motifs is 1. The Balaban J connectivity index is 1.95. The van der Waals surface area contributed by atoms with Crippen molar-refractivity contribution < 1.29 is 13.2 Å². The van der Waals surface area contributed by atoms with E-state index in [9.17, 15) is 13.2 Å². The number of nitrogens with zero attached hydrogens (tertiary/aromatic N) is 3. The van der Waals surface area contributed by atoms with Gasteiger partial charge >= 0.3 is 0 Å². The van der Waals surface area contributed by atoms with E-state index in [1.807, 2.05) is 37.5 Å². The highest BCUT2D eigenvalue weighted by Crippen LogP contribution is 2.20. The molecule has 0 saturated heterocycles. The zero-order chi connectivity index (χ0) is 23.3. The summed E-state index contributed by atoms with van der Waals surface area (Å²) in [5.41, 5.74) is 2.49. The van der Waals surface area contributed by atoms with Gasteiger partial charge in [-0.2, -0.15) is 9.30 Å². The van der Waals surface area contributed by atoms with E-state index in [4.69, 9.17) is 0 Å². The number of carbonyl (C=O) groups is 1. The summed E-state index contributed by atoms with van der Waals surface area (Å²) in [5, 5.41) is 0. The molecule has 1 heterocycles. The summed E-state index contributed by atoms with van der Waals surface area (Å²) in [5.74, 6) is -0.408. The summed E-state index contributed by atoms with van der Waals surface area (Å²) in [4.78, 5) is 18.0. The maximum Gasteiger partial charge on any atom is 0.279 e. The molecule has 6 nitrogen and oxygen atoms in total. The van der Waals surface area contributed by atoms with Crippen LogP contribution in [-0.2, 0) is 16.6 Å². The molecule has 3 rings (SSSR count). The Bertz CT molecular complexity index is 1280. The standard InChI is InChI=1S/C24H29N3O3S2/c1-5-14-26(15-6-2)32(29,30)20-11-9-19(10-12-20)23(28)25-24-27(16-7-3)21-13-8-18(4)17-22(21)31-24/h7-13,17H,3,5-6,14-16H2,1-2,4H3. The Labute approximate surface area is 193 Å². The highest BCUT2D eigenvalue weighted by atomic mass is 32.2. The Kier molecular flexibility index (Phi) is 7.82. The van der Waals surface area contributed by atoms with Crippen molar-refractivity contribution in [3.8, 4) is 0 Å². The van der Waals surface area contributed by atoms with Gasteiger partial charge in [-0.1, -0.05) is 37.3 Å². The Morgan fingerprint density at radius 2 is 1.78 bits per heavy atom. The fourth-order valence-electron chi connectivity index (χ4n) is 3.49. The summed E-state index contributed by atoms with van der Waals surface area (Å²) < 4.78 is 30.4. The molecule has 32 heavy (non-hydrogen) atoms. The van der Waals surface area contributed by atoms with Crippen LogP contribution in [0.1, 0.15) is 42.6 Å². The zero-order valence-corrected chi connectivity index (χ0v) is 20.4. The molecule has 2 aromatic carbocycles. The van der Waals surface area contributed by atoms with Crippen molar-refractivity contribution in [2.24, 2.45) is 4.99 Å². The number of hydrogen-bond acceptors (Lipinski definition) is 4. The molecule has 0 spiro atoms. The number of carbonyl (C=O) groups excluding carboxylic acids is 1. The number of aryl methyl sites for hydroxylation is 1. The van der Waals surface area contributed by atoms with Crippen molar-refractivity contribution in [3.05, 3.63) is 71.0 Å². The van der Waals surface area contributed by atoms with Gasteiger partial charge < -0.3 is 4.57 Å². The molecule has 0 saturated carbocycles. The summed E-state index contributed by atoms with van der Waals surface area (Å²) in [6.45, 7) is 11.2. The van der Waals surface area contributed by atoms with Gasteiger partial charge in [-0.05, 0) is 61.7 Å². The van der Waals surface area contributed by atoms with Gasteiger partial charge in [0.2, 0.25) is 10.0 Å². The first-order valence-corrected chi connectivity index (χ1v) is 13.0. The molecule has 8 heteroatoms. The van der Waals surface area contributed by atoms with E-state index >= 15 is 0 Å². The second-order valence-corrected chi connectivity index (χ2v) is 10.5. The predicted octanol–water partition coefficient (Wildman–Crippen LogP) is 4.75. The van der Waals surface area contributed by atoms with Gasteiger partial charge in [0, 0.05) is 25.2 Å². The van der Waals surface area contributed by atoms with Crippen molar-refractivity contribution in [3.63, 3.8) is 0 Å². The van der Waals surface area contributed by atoms with Crippen LogP contribution in [0.15, 0.2) is 65.0 Å². The lowest BCUT2D eigenvalue weighted by Crippen LogP contribution is -2.32. The van der Waals surface area contributed by atoms with Crippen LogP contribution in [0.4, 0.5) is 0 Å². The quantitative estimate of drug-likeness (QED) is 0.423. The number of sulfonamides is 1. The van der Waals surface area contributed by atoms with E-state index in [2.05, 4.69) is 17.6 Å². The highest BCUT2D eigenvalue weighted by Gasteiger charge is 2.23. The monoisotopic (exact) mass is 471 g/mol. The fraction of sp³-hybridized carbons (Fsp3) is 0.333. The molecular weight excluding hydrogens is 442 g/mol. The Morgan fingerprint density at radius 1 is 1.12 bits per heavy atom. The Morgan fingerprint density at radius 3 is 2.38 bits per heavy atom. The average Bonchev–Trinajstić information content (AvgIpc) is 3.09. The van der Waals surface area contributed by atoms with Crippen molar-refractivity contribution in [1.29, 1.82) is 0 Å². The van der Waals surface area contributed by atoms with Crippen LogP contribution in [0.25, 0.3) is 10.2 Å². The van der Waals surface area contributed by atoms with Gasteiger partial charge in [-0.3, -0.25) is 4.79 Å². The lowest BCUT2D eigenvalue weighted by Gasteiger charge is -2.21. The largest absolute Gasteiger partial charge is 0.312 e. The second kappa shape index (κ2) is 10.4. The number of aromatic nitrogens is 1. The molecule has 170 valence electrons. The molecule has 3 aromatic rings. The molecule has 0 atom stereocenters. The molecule has 0 N–H and O–H groups in total. The lowest BCUT2D eigenvalue weighted by molar-refractivity contribution is 0.0997. The van der Waals surface area contributed by atoms with E-state index in [0.29, 0.717) is 30.0 Å². The third-order valence-corrected chi connectivity index (χ3v) is 7.99. The third-order valence-electron chi connectivity index (χ3n) is 5.03. The van der Waals surface area contributed by atoms with E-state index < -0.39 is 15.9 Å². The van der Waals surface area contributed by atoms with Crippen LogP contribution >= 0.6 is 11.3 Å². The van der Waals surface area contributed by atoms with Crippen molar-refractivity contribution in [2.45, 2.75) is 45.1 Å². The molecule has 0 radical (unpaired) electrons. The molecule has 0 unspecified atom stereocenters. The average molecular weight is 472 g/mol. The number of allylic oxidation sites excluding steroid dienone is 1. The van der Waals surface area contributed by atoms with Crippen molar-refractivity contribution in [1.82, 2.24) is 8.87 Å². The summed E-state index contributed by atoms with van der Waals surface area (Å²) in [6, 6.07) is 12.2. The smallest absolute Gasteiger partial charge is 0.279 e. The van der Waals surface area contributed by atoms with Gasteiger partial charge in [-0.25, -0.2) is 8.42 Å². The summed E-state index contributed by atoms with van der Waals surface area (Å²) in [6.07, 6.45) is 3.26. The molecule has 0 fully saturated rings. The summed E-state index contributed by atoms with van der Waals surface area (Å²) >= 11 is 1.45. The molecular formula is C24H29N3O3S2. The van der Waals surface area contributed by atoms with Crippen LogP contribution in [0.5, 0.6) is 0 Å². The van der Waals surface area contributed by atoms with Gasteiger partial charge in [0.25, 0.3) is 5.91 Å². The fourth-order valence-corrected chi connectivity index (χ4v) is 6.25. The van der Waals surface area contributed by atoms with Crippen LogP contribution in [0.2, 0.25) is 0 Å². The van der Waals surface area contributed by atoms with E-state index in [0.717, 1.165) is 28.6 Å². The van der Waals surface area contributed by atoms with E-state index in [-0.39, 0.29) is 4.90 Å². The van der Waals surface area contributed by atoms with Crippen LogP contribution in [0, 0.1) is 6.92 Å². The number of hydrogen-bond donors (Lipinski definition) is 0. The second-order valence-electron chi connectivity index (χ2n) is 7.60. The van der Waals surface area contributed by atoms with E-state index in [1.165, 1.54) is 39.9 Å². The van der Waals surface area contributed by atoms with Crippen molar-refractivity contribution >= 4 is 37.5 Å². The molecule has 0 aliphatic heterocycles. The molecule has 1 amide bonds. The number of rotatable bonds is 9. The Hall–Kier alpha value is -2.55. The topological polar surface area (TPSA) is 71.7 Å². The van der Waals surface area contributed by atoms with Crippen LogP contribution in [0.3, 0.4) is 0 Å². The zero-order valence-electron chi connectivity index (χ0n) is 18.7. The number of thiazole rings is 1. The van der Waals surface area contributed by atoms with Crippen LogP contribution in [-0.4, -0.2) is 36.3 Å². The van der Waals surface area contributed by atoms with E-state index in [1.54, 1.807) is 6.08 Å². The maximum atomic E-state index is 12.9. The molecule has 0 aliphatic carbocycles. The lowest BCUT2D eigenvalue weighted by atomic mass is 10.2. The van der Waals surface area contributed by atoms with Crippen molar-refractivity contribution in [2.75, 3.05) is 13.1 Å². The molecule has 0 bridgehead atoms. The first-order chi connectivity index (χ1) is 15.3. The third kappa shape index (κ3) is 5.09. The van der Waals surface area contributed by atoms with Gasteiger partial charge in [-0.15, -0.1) is 6.58 Å². The minimum Gasteiger partial charge on any atom is -0.312 e. The minimum absolute atomic E-state index is 0.190. The molecule has 0 aliphatic rings.